The maximum atomic E-state index is 13.1. The van der Waals surface area contributed by atoms with Crippen LogP contribution in [0.3, 0.4) is 0 Å². The van der Waals surface area contributed by atoms with Crippen molar-refractivity contribution in [2.45, 2.75) is 32.1 Å². The van der Waals surface area contributed by atoms with Crippen molar-refractivity contribution in [3.8, 4) is 0 Å². The highest BCUT2D eigenvalue weighted by Crippen LogP contribution is 2.33. The Morgan fingerprint density at radius 2 is 1.81 bits per heavy atom. The molecule has 5 rings (SSSR count). The molecule has 1 unspecified atom stereocenters. The Balaban J connectivity index is 1.31. The number of H-pyrrole nitrogens is 1. The molecule has 166 valence electrons. The molecule has 0 radical (unpaired) electrons. The van der Waals surface area contributed by atoms with Gasteiger partial charge in [-0.25, -0.2) is 9.97 Å². The molecule has 0 saturated carbocycles. The molecule has 0 spiro atoms. The van der Waals surface area contributed by atoms with Gasteiger partial charge >= 0.3 is 0 Å². The van der Waals surface area contributed by atoms with Gasteiger partial charge in [-0.1, -0.05) is 30.3 Å². The van der Waals surface area contributed by atoms with Gasteiger partial charge in [0.15, 0.2) is 5.78 Å². The number of carbonyl (C=O) groups is 2. The SMILES string of the molecule is O=C(CC1CCOCC1)CC1CCN(c2ncnc3[nH]cc(C(=O)c4ccccc4)c23)C1. The third kappa shape index (κ3) is 4.30. The highest BCUT2D eigenvalue weighted by molar-refractivity contribution is 6.18. The van der Waals surface area contributed by atoms with E-state index in [4.69, 9.17) is 4.74 Å². The molecular formula is C25H28N4O3. The average Bonchev–Trinajstić information content (AvgIpc) is 3.47. The Hall–Kier alpha value is -3.06. The Bertz CT molecular complexity index is 1100. The number of ketones is 2. The molecule has 2 aliphatic heterocycles. The summed E-state index contributed by atoms with van der Waals surface area (Å²) in [4.78, 5) is 40.0. The highest BCUT2D eigenvalue weighted by atomic mass is 16.5. The molecule has 2 fully saturated rings. The van der Waals surface area contributed by atoms with Crippen molar-refractivity contribution in [1.82, 2.24) is 15.0 Å². The van der Waals surface area contributed by atoms with Gasteiger partial charge in [-0.05, 0) is 31.1 Å². The average molecular weight is 433 g/mol. The number of fused-ring (bicyclic) bond motifs is 1. The number of anilines is 1. The zero-order valence-electron chi connectivity index (χ0n) is 18.1. The molecule has 7 nitrogen and oxygen atoms in total. The lowest BCUT2D eigenvalue weighted by Gasteiger charge is -2.22. The molecule has 1 atom stereocenters. The van der Waals surface area contributed by atoms with E-state index in [9.17, 15) is 9.59 Å². The number of carbonyl (C=O) groups excluding carboxylic acids is 2. The van der Waals surface area contributed by atoms with E-state index in [0.717, 1.165) is 56.8 Å². The van der Waals surface area contributed by atoms with E-state index in [2.05, 4.69) is 19.9 Å². The minimum Gasteiger partial charge on any atom is -0.381 e. The van der Waals surface area contributed by atoms with Crippen LogP contribution in [0, 0.1) is 11.8 Å². The maximum absolute atomic E-state index is 13.1. The van der Waals surface area contributed by atoms with Crippen LogP contribution in [0.25, 0.3) is 11.0 Å². The standard InChI is InChI=1S/C25H28N4O3/c30-20(12-17-7-10-32-11-8-17)13-18-6-9-29(15-18)25-22-21(14-26-24(22)27-16-28-25)23(31)19-4-2-1-3-5-19/h1-5,14,16-18H,6-13,15H2,(H,26,27,28). The van der Waals surface area contributed by atoms with Crippen molar-refractivity contribution in [2.24, 2.45) is 11.8 Å². The largest absolute Gasteiger partial charge is 0.381 e. The summed E-state index contributed by atoms with van der Waals surface area (Å²) in [5, 5.41) is 0.760. The zero-order chi connectivity index (χ0) is 21.9. The van der Waals surface area contributed by atoms with Crippen molar-refractivity contribution in [3.05, 3.63) is 54.0 Å². The fourth-order valence-corrected chi connectivity index (χ4v) is 4.98. The second-order valence-electron chi connectivity index (χ2n) is 8.92. The minimum absolute atomic E-state index is 0.0460. The van der Waals surface area contributed by atoms with E-state index >= 15 is 0 Å². The molecule has 0 bridgehead atoms. The van der Waals surface area contributed by atoms with Gasteiger partial charge in [0.05, 0.1) is 10.9 Å². The number of aromatic amines is 1. The molecular weight excluding hydrogens is 404 g/mol. The van der Waals surface area contributed by atoms with Crippen LogP contribution in [0.5, 0.6) is 0 Å². The summed E-state index contributed by atoms with van der Waals surface area (Å²) in [5.41, 5.74) is 1.88. The van der Waals surface area contributed by atoms with E-state index in [1.807, 2.05) is 30.3 Å². The summed E-state index contributed by atoms with van der Waals surface area (Å²) in [5.74, 6) is 1.88. The van der Waals surface area contributed by atoms with Gasteiger partial charge in [0.1, 0.15) is 23.6 Å². The first-order valence-corrected chi connectivity index (χ1v) is 11.4. The van der Waals surface area contributed by atoms with E-state index in [-0.39, 0.29) is 5.78 Å². The molecule has 1 aromatic carbocycles. The van der Waals surface area contributed by atoms with Crippen LogP contribution in [0.15, 0.2) is 42.9 Å². The zero-order valence-corrected chi connectivity index (χ0v) is 18.1. The number of nitrogens with one attached hydrogen (secondary N) is 1. The van der Waals surface area contributed by atoms with E-state index < -0.39 is 0 Å². The smallest absolute Gasteiger partial charge is 0.195 e. The number of nitrogens with zero attached hydrogens (tertiary/aromatic N) is 3. The molecule has 0 amide bonds. The van der Waals surface area contributed by atoms with Gasteiger partial charge in [0.2, 0.25) is 0 Å². The van der Waals surface area contributed by atoms with Crippen molar-refractivity contribution in [2.75, 3.05) is 31.2 Å². The van der Waals surface area contributed by atoms with Crippen LogP contribution in [0.1, 0.15) is 48.0 Å². The van der Waals surface area contributed by atoms with Gasteiger partial charge < -0.3 is 14.6 Å². The number of ether oxygens (including phenoxy) is 1. The van der Waals surface area contributed by atoms with Gasteiger partial charge in [-0.2, -0.15) is 0 Å². The topological polar surface area (TPSA) is 88.2 Å². The first-order chi connectivity index (χ1) is 15.7. The van der Waals surface area contributed by atoms with Crippen LogP contribution < -0.4 is 4.90 Å². The normalized spacial score (nSPS) is 19.5. The summed E-state index contributed by atoms with van der Waals surface area (Å²) in [6, 6.07) is 9.26. The van der Waals surface area contributed by atoms with Crippen molar-refractivity contribution in [1.29, 1.82) is 0 Å². The second-order valence-corrected chi connectivity index (χ2v) is 8.92. The van der Waals surface area contributed by atoms with Crippen molar-refractivity contribution >= 4 is 28.4 Å². The van der Waals surface area contributed by atoms with Crippen molar-refractivity contribution < 1.29 is 14.3 Å². The van der Waals surface area contributed by atoms with E-state index in [0.29, 0.717) is 47.2 Å². The summed E-state index contributed by atoms with van der Waals surface area (Å²) >= 11 is 0. The quantitative estimate of drug-likeness (QED) is 0.572. The summed E-state index contributed by atoms with van der Waals surface area (Å²) in [6.07, 6.45) is 7.49. The lowest BCUT2D eigenvalue weighted by Crippen LogP contribution is -2.23. The van der Waals surface area contributed by atoms with E-state index in [1.54, 1.807) is 6.20 Å². The van der Waals surface area contributed by atoms with Crippen LogP contribution >= 0.6 is 0 Å². The first kappa shape index (κ1) is 20.8. The van der Waals surface area contributed by atoms with Crippen LogP contribution in [-0.2, 0) is 9.53 Å². The summed E-state index contributed by atoms with van der Waals surface area (Å²) in [6.45, 7) is 3.15. The van der Waals surface area contributed by atoms with Gasteiger partial charge in [-0.15, -0.1) is 0 Å². The molecule has 2 aromatic heterocycles. The number of rotatable bonds is 7. The number of hydrogen-bond donors (Lipinski definition) is 1. The molecule has 7 heteroatoms. The molecule has 32 heavy (non-hydrogen) atoms. The lowest BCUT2D eigenvalue weighted by molar-refractivity contribution is -0.121. The van der Waals surface area contributed by atoms with E-state index in [1.165, 1.54) is 6.33 Å². The Morgan fingerprint density at radius 1 is 1.03 bits per heavy atom. The summed E-state index contributed by atoms with van der Waals surface area (Å²) < 4.78 is 5.40. The molecule has 3 aromatic rings. The Morgan fingerprint density at radius 3 is 2.62 bits per heavy atom. The fourth-order valence-electron chi connectivity index (χ4n) is 4.98. The van der Waals surface area contributed by atoms with Crippen LogP contribution in [0.4, 0.5) is 5.82 Å². The molecule has 2 saturated heterocycles. The third-order valence-electron chi connectivity index (χ3n) is 6.69. The van der Waals surface area contributed by atoms with Crippen molar-refractivity contribution in [3.63, 3.8) is 0 Å². The van der Waals surface area contributed by atoms with Gasteiger partial charge in [0.25, 0.3) is 0 Å². The monoisotopic (exact) mass is 432 g/mol. The predicted octanol–water partition coefficient (Wildman–Crippen LogP) is 3.79. The molecule has 2 aliphatic rings. The Kier molecular flexibility index (Phi) is 5.99. The number of benzene rings is 1. The predicted molar refractivity (Wildman–Crippen MR) is 122 cm³/mol. The van der Waals surface area contributed by atoms with Crippen LogP contribution in [-0.4, -0.2) is 52.8 Å². The summed E-state index contributed by atoms with van der Waals surface area (Å²) in [7, 11) is 0. The van der Waals surface area contributed by atoms with Gasteiger partial charge in [-0.3, -0.25) is 9.59 Å². The number of aromatic nitrogens is 3. The number of Topliss-reactive ketones (excluding diaryl/α,β-unsaturated/α-hetero) is 1. The minimum atomic E-state index is -0.0460. The molecule has 0 aliphatic carbocycles. The van der Waals surface area contributed by atoms with Crippen LogP contribution in [0.2, 0.25) is 0 Å². The molecule has 4 heterocycles. The Labute approximate surface area is 187 Å². The highest BCUT2D eigenvalue weighted by Gasteiger charge is 2.29. The number of hydrogen-bond acceptors (Lipinski definition) is 6. The second kappa shape index (κ2) is 9.20. The maximum Gasteiger partial charge on any atom is 0.195 e. The third-order valence-corrected chi connectivity index (χ3v) is 6.69. The van der Waals surface area contributed by atoms with Gasteiger partial charge in [0, 0.05) is 50.9 Å². The lowest BCUT2D eigenvalue weighted by atomic mass is 9.90. The molecule has 1 N–H and O–H groups in total. The fraction of sp³-hybridized carbons (Fsp3) is 0.440. The first-order valence-electron chi connectivity index (χ1n) is 11.4.